The van der Waals surface area contributed by atoms with Crippen molar-refractivity contribution in [3.05, 3.63) is 47.3 Å². The van der Waals surface area contributed by atoms with Gasteiger partial charge in [-0.05, 0) is 70.5 Å². The molecule has 0 spiro atoms. The summed E-state index contributed by atoms with van der Waals surface area (Å²) >= 11 is 0. The fourth-order valence-corrected chi connectivity index (χ4v) is 3.73. The number of anilines is 1. The first kappa shape index (κ1) is 18.6. The lowest BCUT2D eigenvalue weighted by molar-refractivity contribution is -0.116. The number of piperidine rings is 1. The predicted molar refractivity (Wildman–Crippen MR) is 105 cm³/mol. The highest BCUT2D eigenvalue weighted by Gasteiger charge is 2.14. The van der Waals surface area contributed by atoms with Crippen LogP contribution in [0.1, 0.15) is 55.6 Å². The Labute approximate surface area is 156 Å². The molecule has 1 fully saturated rings. The average molecular weight is 354 g/mol. The van der Waals surface area contributed by atoms with Gasteiger partial charge in [-0.3, -0.25) is 14.4 Å². The van der Waals surface area contributed by atoms with Gasteiger partial charge in [-0.1, -0.05) is 18.6 Å². The molecular weight excluding hydrogens is 324 g/mol. The zero-order valence-electron chi connectivity index (χ0n) is 16.2. The molecule has 1 aliphatic rings. The van der Waals surface area contributed by atoms with Gasteiger partial charge in [-0.2, -0.15) is 5.10 Å². The smallest absolute Gasteiger partial charge is 0.226 e. The van der Waals surface area contributed by atoms with Gasteiger partial charge in [0.2, 0.25) is 5.91 Å². The Hall–Kier alpha value is -2.14. The number of aromatic nitrogens is 2. The van der Waals surface area contributed by atoms with Crippen LogP contribution in [0.15, 0.2) is 30.3 Å². The second-order valence-corrected chi connectivity index (χ2v) is 7.51. The Morgan fingerprint density at radius 3 is 2.46 bits per heavy atom. The van der Waals surface area contributed by atoms with Crippen LogP contribution in [0.4, 0.5) is 5.69 Å². The van der Waals surface area contributed by atoms with Crippen molar-refractivity contribution >= 4 is 11.6 Å². The van der Waals surface area contributed by atoms with Gasteiger partial charge in [0.05, 0.1) is 11.7 Å². The second-order valence-electron chi connectivity index (χ2n) is 7.51. The van der Waals surface area contributed by atoms with Gasteiger partial charge in [-0.15, -0.1) is 0 Å². The predicted octanol–water partition coefficient (Wildman–Crippen LogP) is 4.08. The quantitative estimate of drug-likeness (QED) is 0.850. The highest BCUT2D eigenvalue weighted by atomic mass is 16.1. The third-order valence-electron chi connectivity index (χ3n) is 5.04. The van der Waals surface area contributed by atoms with Crippen molar-refractivity contribution < 1.29 is 4.79 Å². The summed E-state index contributed by atoms with van der Waals surface area (Å²) < 4.78 is 1.93. The molecule has 1 aromatic heterocycles. The summed E-state index contributed by atoms with van der Waals surface area (Å²) in [7, 11) is 0. The SMILES string of the molecule is Cc1cc(C)n([C@@H](C)CC(=O)Nc2ccc(CN3CCCCC3)cc2)n1. The minimum absolute atomic E-state index is 0.0221. The van der Waals surface area contributed by atoms with E-state index in [0.717, 1.165) is 23.6 Å². The van der Waals surface area contributed by atoms with E-state index < -0.39 is 0 Å². The molecule has 0 saturated carbocycles. The Morgan fingerprint density at radius 2 is 1.85 bits per heavy atom. The Morgan fingerprint density at radius 1 is 1.15 bits per heavy atom. The Balaban J connectivity index is 1.51. The molecule has 0 aliphatic carbocycles. The maximum absolute atomic E-state index is 12.4. The van der Waals surface area contributed by atoms with E-state index in [9.17, 15) is 4.79 Å². The van der Waals surface area contributed by atoms with E-state index in [-0.39, 0.29) is 11.9 Å². The van der Waals surface area contributed by atoms with E-state index in [0.29, 0.717) is 6.42 Å². The maximum atomic E-state index is 12.4. The van der Waals surface area contributed by atoms with Crippen molar-refractivity contribution in [3.8, 4) is 0 Å². The normalized spacial score (nSPS) is 16.4. The van der Waals surface area contributed by atoms with Gasteiger partial charge >= 0.3 is 0 Å². The molecule has 1 atom stereocenters. The van der Waals surface area contributed by atoms with Crippen LogP contribution in [0.5, 0.6) is 0 Å². The number of likely N-dealkylation sites (tertiary alicyclic amines) is 1. The first-order valence-corrected chi connectivity index (χ1v) is 9.65. The molecule has 5 heteroatoms. The number of rotatable bonds is 6. The second kappa shape index (κ2) is 8.49. The van der Waals surface area contributed by atoms with Crippen LogP contribution >= 0.6 is 0 Å². The molecule has 1 N–H and O–H groups in total. The van der Waals surface area contributed by atoms with Crippen LogP contribution in [0.2, 0.25) is 0 Å². The molecule has 0 bridgehead atoms. The van der Waals surface area contributed by atoms with E-state index in [1.807, 2.05) is 43.7 Å². The van der Waals surface area contributed by atoms with Crippen molar-refractivity contribution in [1.29, 1.82) is 0 Å². The van der Waals surface area contributed by atoms with E-state index in [2.05, 4.69) is 27.4 Å². The molecule has 1 aliphatic heterocycles. The number of amides is 1. The molecule has 0 radical (unpaired) electrons. The van der Waals surface area contributed by atoms with E-state index in [4.69, 9.17) is 0 Å². The van der Waals surface area contributed by atoms with Crippen molar-refractivity contribution in [2.24, 2.45) is 0 Å². The van der Waals surface area contributed by atoms with Crippen LogP contribution in [0.25, 0.3) is 0 Å². The lowest BCUT2D eigenvalue weighted by Gasteiger charge is -2.26. The molecule has 2 aromatic rings. The highest BCUT2D eigenvalue weighted by molar-refractivity contribution is 5.90. The zero-order valence-corrected chi connectivity index (χ0v) is 16.2. The fraction of sp³-hybridized carbons (Fsp3) is 0.524. The van der Waals surface area contributed by atoms with Gasteiger partial charge in [0.15, 0.2) is 0 Å². The van der Waals surface area contributed by atoms with E-state index in [1.54, 1.807) is 0 Å². The molecule has 3 rings (SSSR count). The van der Waals surface area contributed by atoms with Gasteiger partial charge in [0.1, 0.15) is 0 Å². The third-order valence-corrected chi connectivity index (χ3v) is 5.04. The van der Waals surface area contributed by atoms with E-state index >= 15 is 0 Å². The maximum Gasteiger partial charge on any atom is 0.226 e. The average Bonchev–Trinajstić information content (AvgIpc) is 2.96. The molecule has 26 heavy (non-hydrogen) atoms. The number of aryl methyl sites for hydroxylation is 2. The summed E-state index contributed by atoms with van der Waals surface area (Å²) in [6, 6.07) is 10.3. The summed E-state index contributed by atoms with van der Waals surface area (Å²) in [4.78, 5) is 14.9. The van der Waals surface area contributed by atoms with Gasteiger partial charge in [-0.25, -0.2) is 0 Å². The molecule has 2 heterocycles. The number of hydrogen-bond donors (Lipinski definition) is 1. The van der Waals surface area contributed by atoms with Crippen molar-refractivity contribution in [2.75, 3.05) is 18.4 Å². The van der Waals surface area contributed by atoms with Crippen LogP contribution in [0.3, 0.4) is 0 Å². The fourth-order valence-electron chi connectivity index (χ4n) is 3.73. The number of carbonyl (C=O) groups excluding carboxylic acids is 1. The monoisotopic (exact) mass is 354 g/mol. The molecule has 5 nitrogen and oxygen atoms in total. The van der Waals surface area contributed by atoms with Crippen molar-refractivity contribution in [3.63, 3.8) is 0 Å². The van der Waals surface area contributed by atoms with Crippen molar-refractivity contribution in [1.82, 2.24) is 14.7 Å². The highest BCUT2D eigenvalue weighted by Crippen LogP contribution is 2.18. The standard InChI is InChI=1S/C21H30N4O/c1-16-13-17(2)25(23-16)18(3)14-21(26)22-20-9-7-19(8-10-20)15-24-11-5-4-6-12-24/h7-10,13,18H,4-6,11-12,14-15H2,1-3H3,(H,22,26)/t18-/m0/s1. The summed E-state index contributed by atoms with van der Waals surface area (Å²) in [6.07, 6.45) is 4.39. The number of nitrogens with zero attached hydrogens (tertiary/aromatic N) is 3. The zero-order chi connectivity index (χ0) is 18.5. The van der Waals surface area contributed by atoms with Gasteiger partial charge in [0, 0.05) is 24.3 Å². The summed E-state index contributed by atoms with van der Waals surface area (Å²) in [6.45, 7) is 9.42. The van der Waals surface area contributed by atoms with Crippen LogP contribution in [-0.2, 0) is 11.3 Å². The number of nitrogens with one attached hydrogen (secondary N) is 1. The summed E-state index contributed by atoms with van der Waals surface area (Å²) in [5, 5.41) is 7.48. The Kier molecular flexibility index (Phi) is 6.09. The van der Waals surface area contributed by atoms with Crippen LogP contribution < -0.4 is 5.32 Å². The first-order chi connectivity index (χ1) is 12.5. The third kappa shape index (κ3) is 4.94. The minimum atomic E-state index is 0.0221. The Bertz CT molecular complexity index is 729. The van der Waals surface area contributed by atoms with Gasteiger partial charge < -0.3 is 5.32 Å². The molecule has 0 unspecified atom stereocenters. The molecular formula is C21H30N4O. The lowest BCUT2D eigenvalue weighted by atomic mass is 10.1. The van der Waals surface area contributed by atoms with Crippen molar-refractivity contribution in [2.45, 2.75) is 59.0 Å². The number of carbonyl (C=O) groups is 1. The molecule has 1 aromatic carbocycles. The number of hydrogen-bond acceptors (Lipinski definition) is 3. The van der Waals surface area contributed by atoms with Gasteiger partial charge in [0.25, 0.3) is 0 Å². The molecule has 140 valence electrons. The minimum Gasteiger partial charge on any atom is -0.326 e. The summed E-state index contributed by atoms with van der Waals surface area (Å²) in [5.74, 6) is 0.0221. The topological polar surface area (TPSA) is 50.2 Å². The van der Waals surface area contributed by atoms with Crippen LogP contribution in [0, 0.1) is 13.8 Å². The number of benzene rings is 1. The van der Waals surface area contributed by atoms with E-state index in [1.165, 1.54) is 37.9 Å². The molecule has 1 saturated heterocycles. The van der Waals surface area contributed by atoms with Crippen LogP contribution in [-0.4, -0.2) is 33.7 Å². The largest absolute Gasteiger partial charge is 0.326 e. The molecule has 1 amide bonds. The first-order valence-electron chi connectivity index (χ1n) is 9.65. The summed E-state index contributed by atoms with van der Waals surface area (Å²) in [5.41, 5.74) is 4.24. The lowest BCUT2D eigenvalue weighted by Crippen LogP contribution is -2.29.